The summed E-state index contributed by atoms with van der Waals surface area (Å²) in [4.78, 5) is 21.8. The molecule has 0 rings (SSSR count). The van der Waals surface area contributed by atoms with E-state index in [1.807, 2.05) is 6.07 Å². The van der Waals surface area contributed by atoms with Crippen molar-refractivity contribution >= 4 is 11.9 Å². The Morgan fingerprint density at radius 3 is 2.43 bits per heavy atom. The average Bonchev–Trinajstić information content (AvgIpc) is 2.09. The first-order chi connectivity index (χ1) is 6.49. The summed E-state index contributed by atoms with van der Waals surface area (Å²) in [6, 6.07) is 0.948. The van der Waals surface area contributed by atoms with E-state index in [2.05, 4.69) is 5.32 Å². The van der Waals surface area contributed by atoms with E-state index in [0.717, 1.165) is 0 Å². The Hall–Kier alpha value is -1.57. The van der Waals surface area contributed by atoms with Crippen LogP contribution < -0.4 is 5.32 Å². The van der Waals surface area contributed by atoms with Crippen molar-refractivity contribution in [2.45, 2.75) is 32.7 Å². The zero-order chi connectivity index (χ0) is 11.1. The maximum Gasteiger partial charge on any atom is 0.326 e. The third-order valence-corrected chi connectivity index (χ3v) is 1.71. The van der Waals surface area contributed by atoms with Crippen LogP contribution in [0.15, 0.2) is 0 Å². The fourth-order valence-corrected chi connectivity index (χ4v) is 0.929. The van der Waals surface area contributed by atoms with Crippen LogP contribution in [0.2, 0.25) is 0 Å². The second-order valence-corrected chi connectivity index (χ2v) is 3.29. The van der Waals surface area contributed by atoms with Crippen LogP contribution in [0.1, 0.15) is 26.7 Å². The first kappa shape index (κ1) is 12.4. The van der Waals surface area contributed by atoms with E-state index in [0.29, 0.717) is 0 Å². The minimum atomic E-state index is -1.05. The molecule has 0 aromatic carbocycles. The molecule has 0 saturated heterocycles. The fourth-order valence-electron chi connectivity index (χ4n) is 0.929. The van der Waals surface area contributed by atoms with Crippen molar-refractivity contribution in [3.05, 3.63) is 0 Å². The van der Waals surface area contributed by atoms with Crippen molar-refractivity contribution in [1.29, 1.82) is 5.26 Å². The smallest absolute Gasteiger partial charge is 0.326 e. The SMILES string of the molecule is CC(C)C(NC(=O)CCC#N)C(=O)O. The summed E-state index contributed by atoms with van der Waals surface area (Å²) in [5.74, 6) is -1.61. The molecule has 1 atom stereocenters. The molecule has 0 aliphatic rings. The highest BCUT2D eigenvalue weighted by Gasteiger charge is 2.22. The number of carboxylic acid groups (broad SMARTS) is 1. The monoisotopic (exact) mass is 198 g/mol. The maximum absolute atomic E-state index is 11.1. The molecule has 0 fully saturated rings. The highest BCUT2D eigenvalue weighted by atomic mass is 16.4. The Morgan fingerprint density at radius 1 is 1.50 bits per heavy atom. The van der Waals surface area contributed by atoms with Crippen LogP contribution in [0.3, 0.4) is 0 Å². The molecule has 0 aliphatic carbocycles. The summed E-state index contributed by atoms with van der Waals surface area (Å²) in [6.07, 6.45) is 0.156. The van der Waals surface area contributed by atoms with Gasteiger partial charge in [-0.3, -0.25) is 4.79 Å². The average molecular weight is 198 g/mol. The van der Waals surface area contributed by atoms with Crippen molar-refractivity contribution in [3.63, 3.8) is 0 Å². The third-order valence-electron chi connectivity index (χ3n) is 1.71. The number of amides is 1. The number of carbonyl (C=O) groups is 2. The Balaban J connectivity index is 4.12. The summed E-state index contributed by atoms with van der Waals surface area (Å²) in [7, 11) is 0. The van der Waals surface area contributed by atoms with E-state index in [1.165, 1.54) is 0 Å². The second kappa shape index (κ2) is 5.97. The number of nitrogens with one attached hydrogen (secondary N) is 1. The van der Waals surface area contributed by atoms with Crippen molar-refractivity contribution in [3.8, 4) is 6.07 Å². The number of rotatable bonds is 5. The molecule has 5 heteroatoms. The number of aliphatic carboxylic acids is 1. The molecule has 14 heavy (non-hydrogen) atoms. The molecule has 0 saturated carbocycles. The molecule has 0 bridgehead atoms. The van der Waals surface area contributed by atoms with Crippen LogP contribution in [0.4, 0.5) is 0 Å². The molecule has 2 N–H and O–H groups in total. The van der Waals surface area contributed by atoms with Gasteiger partial charge in [-0.15, -0.1) is 0 Å². The topological polar surface area (TPSA) is 90.2 Å². The van der Waals surface area contributed by atoms with Gasteiger partial charge in [-0.25, -0.2) is 4.79 Å². The van der Waals surface area contributed by atoms with Gasteiger partial charge in [-0.2, -0.15) is 5.26 Å². The maximum atomic E-state index is 11.1. The van der Waals surface area contributed by atoms with Crippen LogP contribution in [-0.2, 0) is 9.59 Å². The van der Waals surface area contributed by atoms with Crippen LogP contribution in [0, 0.1) is 17.2 Å². The molecular weight excluding hydrogens is 184 g/mol. The standard InChI is InChI=1S/C9H14N2O3/c1-6(2)8(9(13)14)11-7(12)4-3-5-10/h6,8H,3-4H2,1-2H3,(H,11,12)(H,13,14). The molecule has 0 aromatic heterocycles. The normalized spacial score (nSPS) is 11.9. The molecule has 0 aromatic rings. The van der Waals surface area contributed by atoms with Crippen molar-refractivity contribution in [2.24, 2.45) is 5.92 Å². The van der Waals surface area contributed by atoms with Crippen LogP contribution in [0.25, 0.3) is 0 Å². The van der Waals surface area contributed by atoms with Gasteiger partial charge in [-0.05, 0) is 5.92 Å². The molecule has 78 valence electrons. The lowest BCUT2D eigenvalue weighted by molar-refractivity contribution is -0.143. The quantitative estimate of drug-likeness (QED) is 0.673. The molecule has 0 aliphatic heterocycles. The van der Waals surface area contributed by atoms with Gasteiger partial charge in [0.25, 0.3) is 0 Å². The summed E-state index contributed by atoms with van der Waals surface area (Å²) in [6.45, 7) is 3.42. The third kappa shape index (κ3) is 4.45. The lowest BCUT2D eigenvalue weighted by Gasteiger charge is -2.17. The van der Waals surface area contributed by atoms with E-state index in [1.54, 1.807) is 13.8 Å². The van der Waals surface area contributed by atoms with E-state index in [9.17, 15) is 9.59 Å². The molecule has 1 unspecified atom stereocenters. The van der Waals surface area contributed by atoms with Gasteiger partial charge in [-0.1, -0.05) is 13.8 Å². The fraction of sp³-hybridized carbons (Fsp3) is 0.667. The Morgan fingerprint density at radius 2 is 2.07 bits per heavy atom. The second-order valence-electron chi connectivity index (χ2n) is 3.29. The summed E-state index contributed by atoms with van der Waals surface area (Å²) < 4.78 is 0. The summed E-state index contributed by atoms with van der Waals surface area (Å²) in [5.41, 5.74) is 0. The van der Waals surface area contributed by atoms with Crippen LogP contribution in [-0.4, -0.2) is 23.0 Å². The number of nitrogens with zero attached hydrogens (tertiary/aromatic N) is 1. The largest absolute Gasteiger partial charge is 0.480 e. The molecular formula is C9H14N2O3. The van der Waals surface area contributed by atoms with Gasteiger partial charge in [0.15, 0.2) is 0 Å². The number of carboxylic acids is 1. The Bertz CT molecular complexity index is 255. The molecule has 0 spiro atoms. The van der Waals surface area contributed by atoms with Crippen molar-refractivity contribution < 1.29 is 14.7 Å². The lowest BCUT2D eigenvalue weighted by Crippen LogP contribution is -2.44. The Kier molecular flexibility index (Phi) is 5.30. The predicted octanol–water partition coefficient (Wildman–Crippen LogP) is 0.516. The zero-order valence-corrected chi connectivity index (χ0v) is 8.28. The van der Waals surface area contributed by atoms with Crippen molar-refractivity contribution in [1.82, 2.24) is 5.32 Å². The van der Waals surface area contributed by atoms with E-state index >= 15 is 0 Å². The van der Waals surface area contributed by atoms with Gasteiger partial charge < -0.3 is 10.4 Å². The minimum Gasteiger partial charge on any atom is -0.480 e. The Labute approximate surface area is 82.7 Å². The molecule has 0 heterocycles. The zero-order valence-electron chi connectivity index (χ0n) is 8.28. The lowest BCUT2D eigenvalue weighted by atomic mass is 10.0. The minimum absolute atomic E-state index is 0.0486. The number of carbonyl (C=O) groups excluding carboxylic acids is 1. The van der Waals surface area contributed by atoms with Gasteiger partial charge in [0.05, 0.1) is 6.07 Å². The summed E-state index contributed by atoms with van der Waals surface area (Å²) >= 11 is 0. The van der Waals surface area contributed by atoms with E-state index < -0.39 is 17.9 Å². The van der Waals surface area contributed by atoms with Gasteiger partial charge >= 0.3 is 5.97 Å². The number of hydrogen-bond donors (Lipinski definition) is 2. The van der Waals surface area contributed by atoms with Crippen LogP contribution in [0.5, 0.6) is 0 Å². The first-order valence-electron chi connectivity index (χ1n) is 4.38. The van der Waals surface area contributed by atoms with E-state index in [4.69, 9.17) is 10.4 Å². The molecule has 0 radical (unpaired) electrons. The highest BCUT2D eigenvalue weighted by molar-refractivity contribution is 5.83. The highest BCUT2D eigenvalue weighted by Crippen LogP contribution is 2.02. The number of nitriles is 1. The van der Waals surface area contributed by atoms with Crippen molar-refractivity contribution in [2.75, 3.05) is 0 Å². The summed E-state index contributed by atoms with van der Waals surface area (Å²) in [5, 5.41) is 19.3. The number of hydrogen-bond acceptors (Lipinski definition) is 3. The molecule has 5 nitrogen and oxygen atoms in total. The van der Waals surface area contributed by atoms with Gasteiger partial charge in [0.2, 0.25) is 5.91 Å². The molecule has 1 amide bonds. The first-order valence-corrected chi connectivity index (χ1v) is 4.38. The van der Waals surface area contributed by atoms with Gasteiger partial charge in [0, 0.05) is 12.8 Å². The van der Waals surface area contributed by atoms with Gasteiger partial charge in [0.1, 0.15) is 6.04 Å². The van der Waals surface area contributed by atoms with Crippen LogP contribution >= 0.6 is 0 Å². The van der Waals surface area contributed by atoms with E-state index in [-0.39, 0.29) is 18.8 Å². The predicted molar refractivity (Wildman–Crippen MR) is 49.3 cm³/mol.